The quantitative estimate of drug-likeness (QED) is 0.885. The van der Waals surface area contributed by atoms with Crippen molar-refractivity contribution in [3.63, 3.8) is 0 Å². The van der Waals surface area contributed by atoms with E-state index >= 15 is 0 Å². The molecule has 1 aliphatic carbocycles. The van der Waals surface area contributed by atoms with E-state index in [9.17, 15) is 0 Å². The van der Waals surface area contributed by atoms with Crippen LogP contribution in [0, 0.1) is 5.92 Å². The molecule has 0 aromatic heterocycles. The molecule has 3 nitrogen and oxygen atoms in total. The van der Waals surface area contributed by atoms with E-state index in [0.717, 1.165) is 25.5 Å². The van der Waals surface area contributed by atoms with Crippen LogP contribution < -0.4 is 10.1 Å². The topological polar surface area (TPSA) is 30.5 Å². The van der Waals surface area contributed by atoms with Gasteiger partial charge in [-0.3, -0.25) is 0 Å². The smallest absolute Gasteiger partial charge is 0.119 e. The average Bonchev–Trinajstić information content (AvgIpc) is 3.01. The zero-order valence-corrected chi connectivity index (χ0v) is 12.1. The molecule has 1 aromatic carbocycles. The fraction of sp³-hybridized carbons (Fsp3) is 0.647. The first-order valence-corrected chi connectivity index (χ1v) is 7.98. The van der Waals surface area contributed by atoms with Crippen LogP contribution in [0.4, 0.5) is 5.69 Å². The fourth-order valence-electron chi connectivity index (χ4n) is 3.08. The van der Waals surface area contributed by atoms with E-state index < -0.39 is 0 Å². The van der Waals surface area contributed by atoms with Gasteiger partial charge < -0.3 is 14.8 Å². The summed E-state index contributed by atoms with van der Waals surface area (Å²) in [5.74, 6) is 1.65. The van der Waals surface area contributed by atoms with Crippen LogP contribution in [0.2, 0.25) is 0 Å². The molecule has 1 unspecified atom stereocenters. The third kappa shape index (κ3) is 3.89. The average molecular weight is 275 g/mol. The second-order valence-electron chi connectivity index (χ2n) is 6.01. The van der Waals surface area contributed by atoms with Crippen molar-refractivity contribution >= 4 is 5.69 Å². The SMILES string of the molecule is c1cc(OC2CCCC2)ccc1NCC1CCCOC1. The zero-order valence-electron chi connectivity index (χ0n) is 12.1. The molecule has 1 N–H and O–H groups in total. The van der Waals surface area contributed by atoms with E-state index in [4.69, 9.17) is 9.47 Å². The maximum Gasteiger partial charge on any atom is 0.119 e. The Hall–Kier alpha value is -1.22. The molecule has 1 aliphatic heterocycles. The maximum atomic E-state index is 5.98. The third-order valence-corrected chi connectivity index (χ3v) is 4.31. The van der Waals surface area contributed by atoms with Crippen LogP contribution in [0.3, 0.4) is 0 Å². The predicted molar refractivity (Wildman–Crippen MR) is 81.4 cm³/mol. The molecule has 1 heterocycles. The van der Waals surface area contributed by atoms with Crippen molar-refractivity contribution in [1.29, 1.82) is 0 Å². The number of hydrogen-bond donors (Lipinski definition) is 1. The van der Waals surface area contributed by atoms with Gasteiger partial charge in [0.05, 0.1) is 12.7 Å². The van der Waals surface area contributed by atoms with Gasteiger partial charge >= 0.3 is 0 Å². The largest absolute Gasteiger partial charge is 0.490 e. The lowest BCUT2D eigenvalue weighted by Gasteiger charge is -2.22. The number of nitrogens with one attached hydrogen (secondary N) is 1. The summed E-state index contributed by atoms with van der Waals surface area (Å²) in [7, 11) is 0. The third-order valence-electron chi connectivity index (χ3n) is 4.31. The molecule has 3 rings (SSSR count). The normalized spacial score (nSPS) is 23.7. The highest BCUT2D eigenvalue weighted by atomic mass is 16.5. The second-order valence-corrected chi connectivity index (χ2v) is 6.01. The van der Waals surface area contributed by atoms with Crippen LogP contribution in [0.15, 0.2) is 24.3 Å². The minimum Gasteiger partial charge on any atom is -0.490 e. The van der Waals surface area contributed by atoms with Crippen molar-refractivity contribution in [2.24, 2.45) is 5.92 Å². The Morgan fingerprint density at radius 2 is 1.85 bits per heavy atom. The standard InChI is InChI=1S/C17H25NO2/c1-2-6-16(5-1)20-17-9-7-15(8-10-17)18-12-14-4-3-11-19-13-14/h7-10,14,16,18H,1-6,11-13H2. The number of hydrogen-bond acceptors (Lipinski definition) is 3. The highest BCUT2D eigenvalue weighted by Crippen LogP contribution is 2.25. The summed E-state index contributed by atoms with van der Waals surface area (Å²) in [6, 6.07) is 8.40. The Labute approximate surface area is 121 Å². The van der Waals surface area contributed by atoms with Crippen LogP contribution in [0.1, 0.15) is 38.5 Å². The summed E-state index contributed by atoms with van der Waals surface area (Å²) >= 11 is 0. The first-order chi connectivity index (χ1) is 9.90. The molecule has 1 saturated heterocycles. The van der Waals surface area contributed by atoms with Gasteiger partial charge in [0.25, 0.3) is 0 Å². The Bertz CT molecular complexity index is 392. The van der Waals surface area contributed by atoms with Gasteiger partial charge in [-0.1, -0.05) is 0 Å². The lowest BCUT2D eigenvalue weighted by Crippen LogP contribution is -2.24. The summed E-state index contributed by atoms with van der Waals surface area (Å²) in [5.41, 5.74) is 1.18. The lowest BCUT2D eigenvalue weighted by molar-refractivity contribution is 0.0595. The van der Waals surface area contributed by atoms with E-state index in [0.29, 0.717) is 12.0 Å². The highest BCUT2D eigenvalue weighted by molar-refractivity contribution is 5.46. The van der Waals surface area contributed by atoms with Crippen molar-refractivity contribution in [2.45, 2.75) is 44.6 Å². The Morgan fingerprint density at radius 1 is 1.05 bits per heavy atom. The predicted octanol–water partition coefficient (Wildman–Crippen LogP) is 3.85. The summed E-state index contributed by atoms with van der Waals surface area (Å²) in [6.07, 6.45) is 7.95. The van der Waals surface area contributed by atoms with Crippen molar-refractivity contribution in [3.05, 3.63) is 24.3 Å². The lowest BCUT2D eigenvalue weighted by atomic mass is 10.0. The summed E-state index contributed by atoms with van der Waals surface area (Å²) in [5, 5.41) is 3.50. The van der Waals surface area contributed by atoms with Crippen LogP contribution in [0.25, 0.3) is 0 Å². The Morgan fingerprint density at radius 3 is 2.55 bits per heavy atom. The molecule has 20 heavy (non-hydrogen) atoms. The van der Waals surface area contributed by atoms with Gasteiger partial charge in [-0.15, -0.1) is 0 Å². The van der Waals surface area contributed by atoms with E-state index in [1.54, 1.807) is 0 Å². The van der Waals surface area contributed by atoms with Crippen LogP contribution in [-0.2, 0) is 4.74 Å². The summed E-state index contributed by atoms with van der Waals surface area (Å²) in [4.78, 5) is 0. The summed E-state index contributed by atoms with van der Waals surface area (Å²) in [6.45, 7) is 2.84. The molecular weight excluding hydrogens is 250 g/mol. The van der Waals surface area contributed by atoms with Crippen molar-refractivity contribution < 1.29 is 9.47 Å². The Balaban J connectivity index is 1.45. The molecule has 3 heteroatoms. The van der Waals surface area contributed by atoms with Gasteiger partial charge in [0, 0.05) is 18.8 Å². The van der Waals surface area contributed by atoms with Crippen LogP contribution in [0.5, 0.6) is 5.75 Å². The molecule has 0 amide bonds. The van der Waals surface area contributed by atoms with E-state index in [1.165, 1.54) is 44.2 Å². The molecule has 110 valence electrons. The molecule has 1 atom stereocenters. The first-order valence-electron chi connectivity index (χ1n) is 7.98. The number of benzene rings is 1. The first kappa shape index (κ1) is 13.7. The molecule has 0 bridgehead atoms. The number of anilines is 1. The van der Waals surface area contributed by atoms with Gasteiger partial charge in [0.2, 0.25) is 0 Å². The van der Waals surface area contributed by atoms with E-state index in [1.807, 2.05) is 0 Å². The van der Waals surface area contributed by atoms with Crippen LogP contribution >= 0.6 is 0 Å². The van der Waals surface area contributed by atoms with Crippen molar-refractivity contribution in [3.8, 4) is 5.75 Å². The van der Waals surface area contributed by atoms with Crippen molar-refractivity contribution in [2.75, 3.05) is 25.1 Å². The Kier molecular flexibility index (Phi) is 4.80. The van der Waals surface area contributed by atoms with Gasteiger partial charge in [-0.05, 0) is 68.7 Å². The minimum atomic E-state index is 0.438. The minimum absolute atomic E-state index is 0.438. The van der Waals surface area contributed by atoms with Crippen LogP contribution in [-0.4, -0.2) is 25.9 Å². The molecule has 0 spiro atoms. The van der Waals surface area contributed by atoms with Gasteiger partial charge in [0.15, 0.2) is 0 Å². The highest BCUT2D eigenvalue weighted by Gasteiger charge is 2.16. The molecule has 0 radical (unpaired) electrons. The van der Waals surface area contributed by atoms with Gasteiger partial charge in [-0.2, -0.15) is 0 Å². The van der Waals surface area contributed by atoms with Crippen molar-refractivity contribution in [1.82, 2.24) is 0 Å². The van der Waals surface area contributed by atoms with E-state index in [-0.39, 0.29) is 0 Å². The molecule has 1 aromatic rings. The zero-order chi connectivity index (χ0) is 13.6. The summed E-state index contributed by atoms with van der Waals surface area (Å²) < 4.78 is 11.5. The second kappa shape index (κ2) is 6.98. The van der Waals surface area contributed by atoms with E-state index in [2.05, 4.69) is 29.6 Å². The number of rotatable bonds is 5. The molecule has 1 saturated carbocycles. The molecule has 2 fully saturated rings. The van der Waals surface area contributed by atoms with Gasteiger partial charge in [-0.25, -0.2) is 0 Å². The molecular formula is C17H25NO2. The maximum absolute atomic E-state index is 5.98. The number of ether oxygens (including phenoxy) is 2. The van der Waals surface area contributed by atoms with Gasteiger partial charge in [0.1, 0.15) is 5.75 Å². The monoisotopic (exact) mass is 275 g/mol. The molecule has 2 aliphatic rings. The fourth-order valence-corrected chi connectivity index (χ4v) is 3.08.